The van der Waals surface area contributed by atoms with Crippen LogP contribution in [0.1, 0.15) is 22.2 Å². The Balaban J connectivity index is 2.31. The van der Waals surface area contributed by atoms with Gasteiger partial charge in [-0.25, -0.2) is 0 Å². The van der Waals surface area contributed by atoms with Crippen LogP contribution in [0.5, 0.6) is 11.5 Å². The van der Waals surface area contributed by atoms with Gasteiger partial charge in [0.2, 0.25) is 5.91 Å². The van der Waals surface area contributed by atoms with Crippen molar-refractivity contribution in [2.24, 2.45) is 0 Å². The fourth-order valence-corrected chi connectivity index (χ4v) is 2.80. The second-order valence-electron chi connectivity index (χ2n) is 4.61. The SMILES string of the molecule is COc1cc(NC(=O)Cc2cccs2)c(C(C)=O)c(OC)c1. The van der Waals surface area contributed by atoms with Crippen molar-refractivity contribution in [1.29, 1.82) is 0 Å². The van der Waals surface area contributed by atoms with E-state index in [4.69, 9.17) is 9.47 Å². The summed E-state index contributed by atoms with van der Waals surface area (Å²) in [4.78, 5) is 25.0. The Hall–Kier alpha value is -2.34. The summed E-state index contributed by atoms with van der Waals surface area (Å²) in [6.07, 6.45) is 0.258. The van der Waals surface area contributed by atoms with Crippen molar-refractivity contribution in [3.05, 3.63) is 40.1 Å². The van der Waals surface area contributed by atoms with Gasteiger partial charge in [0.15, 0.2) is 5.78 Å². The smallest absolute Gasteiger partial charge is 0.229 e. The number of nitrogens with one attached hydrogen (secondary N) is 1. The molecule has 0 aliphatic heterocycles. The summed E-state index contributed by atoms with van der Waals surface area (Å²) in [6, 6.07) is 7.02. The summed E-state index contributed by atoms with van der Waals surface area (Å²) in [5.74, 6) is 0.498. The van der Waals surface area contributed by atoms with Crippen molar-refractivity contribution in [1.82, 2.24) is 0 Å². The van der Waals surface area contributed by atoms with Crippen LogP contribution in [-0.4, -0.2) is 25.9 Å². The molecule has 1 aromatic carbocycles. The molecule has 1 N–H and O–H groups in total. The lowest BCUT2D eigenvalue weighted by molar-refractivity contribution is -0.115. The van der Waals surface area contributed by atoms with Crippen molar-refractivity contribution in [2.45, 2.75) is 13.3 Å². The average Bonchev–Trinajstić information content (AvgIpc) is 2.98. The number of ether oxygens (including phenoxy) is 2. The van der Waals surface area contributed by atoms with Gasteiger partial charge in [0.25, 0.3) is 0 Å². The lowest BCUT2D eigenvalue weighted by atomic mass is 10.1. The maximum atomic E-state index is 12.2. The summed E-state index contributed by atoms with van der Waals surface area (Å²) in [5, 5.41) is 4.68. The second kappa shape index (κ2) is 7.09. The number of methoxy groups -OCH3 is 2. The first-order valence-electron chi connectivity index (χ1n) is 6.64. The largest absolute Gasteiger partial charge is 0.497 e. The van der Waals surface area contributed by atoms with Gasteiger partial charge in [-0.05, 0) is 18.4 Å². The normalized spacial score (nSPS) is 10.1. The highest BCUT2D eigenvalue weighted by Crippen LogP contribution is 2.33. The molecule has 2 rings (SSSR count). The van der Waals surface area contributed by atoms with Crippen LogP contribution in [0.4, 0.5) is 5.69 Å². The van der Waals surface area contributed by atoms with Crippen molar-refractivity contribution in [3.8, 4) is 11.5 Å². The van der Waals surface area contributed by atoms with Gasteiger partial charge in [0, 0.05) is 17.0 Å². The molecular weight excluding hydrogens is 302 g/mol. The minimum absolute atomic E-state index is 0.189. The van der Waals surface area contributed by atoms with E-state index >= 15 is 0 Å². The molecule has 0 saturated heterocycles. The number of anilines is 1. The molecule has 1 amide bonds. The predicted octanol–water partition coefficient (Wildman–Crippen LogP) is 3.15. The van der Waals surface area contributed by atoms with Crippen LogP contribution in [0.2, 0.25) is 0 Å². The molecule has 6 heteroatoms. The van der Waals surface area contributed by atoms with Crippen molar-refractivity contribution in [2.75, 3.05) is 19.5 Å². The number of thiophene rings is 1. The molecule has 2 aromatic rings. The number of carbonyl (C=O) groups is 2. The highest BCUT2D eigenvalue weighted by Gasteiger charge is 2.18. The van der Waals surface area contributed by atoms with Gasteiger partial charge in [-0.3, -0.25) is 9.59 Å². The van der Waals surface area contributed by atoms with E-state index in [0.717, 1.165) is 4.88 Å². The first-order valence-corrected chi connectivity index (χ1v) is 7.52. The summed E-state index contributed by atoms with van der Waals surface area (Å²) in [5.41, 5.74) is 0.730. The molecule has 1 heterocycles. The summed E-state index contributed by atoms with van der Waals surface area (Å²) >= 11 is 1.51. The molecule has 0 radical (unpaired) electrons. The third kappa shape index (κ3) is 3.65. The second-order valence-corrected chi connectivity index (χ2v) is 5.64. The van der Waals surface area contributed by atoms with E-state index in [9.17, 15) is 9.59 Å². The standard InChI is InChI=1S/C16H17NO4S/c1-10(18)16-13(7-11(20-2)8-14(16)21-3)17-15(19)9-12-5-4-6-22-12/h4-8H,9H2,1-3H3,(H,17,19). The average molecular weight is 319 g/mol. The van der Waals surface area contributed by atoms with Gasteiger partial charge >= 0.3 is 0 Å². The van der Waals surface area contributed by atoms with Crippen LogP contribution < -0.4 is 14.8 Å². The van der Waals surface area contributed by atoms with Gasteiger partial charge in [0.05, 0.1) is 31.9 Å². The number of ketones is 1. The molecule has 0 atom stereocenters. The Labute approximate surface area is 132 Å². The summed E-state index contributed by atoms with van der Waals surface area (Å²) < 4.78 is 10.4. The highest BCUT2D eigenvalue weighted by molar-refractivity contribution is 7.10. The monoisotopic (exact) mass is 319 g/mol. The number of benzene rings is 1. The molecule has 22 heavy (non-hydrogen) atoms. The van der Waals surface area contributed by atoms with Crippen molar-refractivity contribution < 1.29 is 19.1 Å². The Morgan fingerprint density at radius 2 is 2.00 bits per heavy atom. The number of amides is 1. The van der Waals surface area contributed by atoms with Gasteiger partial charge in [0.1, 0.15) is 11.5 Å². The van der Waals surface area contributed by atoms with E-state index in [-0.39, 0.29) is 18.1 Å². The van der Waals surface area contributed by atoms with Crippen molar-refractivity contribution in [3.63, 3.8) is 0 Å². The van der Waals surface area contributed by atoms with Crippen LogP contribution >= 0.6 is 11.3 Å². The highest BCUT2D eigenvalue weighted by atomic mass is 32.1. The molecule has 5 nitrogen and oxygen atoms in total. The zero-order chi connectivity index (χ0) is 16.1. The van der Waals surface area contributed by atoms with Crippen LogP contribution in [0.15, 0.2) is 29.6 Å². The van der Waals surface area contributed by atoms with Crippen LogP contribution in [0, 0.1) is 0 Å². The van der Waals surface area contributed by atoms with E-state index in [1.165, 1.54) is 32.5 Å². The number of hydrogen-bond donors (Lipinski definition) is 1. The van der Waals surface area contributed by atoms with E-state index in [1.54, 1.807) is 12.1 Å². The lowest BCUT2D eigenvalue weighted by Crippen LogP contribution is -2.16. The molecule has 1 aromatic heterocycles. The maximum Gasteiger partial charge on any atom is 0.229 e. The molecule has 0 aliphatic rings. The molecular formula is C16H17NO4S. The summed E-state index contributed by atoms with van der Waals surface area (Å²) in [6.45, 7) is 1.43. The van der Waals surface area contributed by atoms with Gasteiger partial charge in [-0.1, -0.05) is 6.07 Å². The third-order valence-electron chi connectivity index (χ3n) is 3.07. The fraction of sp³-hybridized carbons (Fsp3) is 0.250. The Morgan fingerprint density at radius 1 is 1.23 bits per heavy atom. The van der Waals surface area contributed by atoms with Crippen molar-refractivity contribution >= 4 is 28.7 Å². The van der Waals surface area contributed by atoms with Crippen LogP contribution in [-0.2, 0) is 11.2 Å². The number of rotatable bonds is 6. The quantitative estimate of drug-likeness (QED) is 0.831. The topological polar surface area (TPSA) is 64.6 Å². The molecule has 0 fully saturated rings. The zero-order valence-corrected chi connectivity index (χ0v) is 13.5. The van der Waals surface area contributed by atoms with E-state index in [1.807, 2.05) is 17.5 Å². The van der Waals surface area contributed by atoms with E-state index < -0.39 is 0 Å². The van der Waals surface area contributed by atoms with E-state index in [0.29, 0.717) is 22.7 Å². The summed E-state index contributed by atoms with van der Waals surface area (Å²) in [7, 11) is 2.98. The Morgan fingerprint density at radius 3 is 2.55 bits per heavy atom. The van der Waals surface area contributed by atoms with Gasteiger partial charge in [-0.15, -0.1) is 11.3 Å². The number of Topliss-reactive ketones (excluding diaryl/α,β-unsaturated/α-hetero) is 1. The molecule has 0 spiro atoms. The van der Waals surface area contributed by atoms with Gasteiger partial charge in [-0.2, -0.15) is 0 Å². The fourth-order valence-electron chi connectivity index (χ4n) is 2.10. The van der Waals surface area contributed by atoms with Crippen LogP contribution in [0.3, 0.4) is 0 Å². The minimum Gasteiger partial charge on any atom is -0.497 e. The first-order chi connectivity index (χ1) is 10.5. The lowest BCUT2D eigenvalue weighted by Gasteiger charge is -2.14. The molecule has 0 saturated carbocycles. The zero-order valence-electron chi connectivity index (χ0n) is 12.6. The molecule has 0 unspecified atom stereocenters. The molecule has 0 aliphatic carbocycles. The maximum absolute atomic E-state index is 12.2. The van der Waals surface area contributed by atoms with Gasteiger partial charge < -0.3 is 14.8 Å². The van der Waals surface area contributed by atoms with Crippen LogP contribution in [0.25, 0.3) is 0 Å². The Kier molecular flexibility index (Phi) is 5.16. The molecule has 0 bridgehead atoms. The number of hydrogen-bond acceptors (Lipinski definition) is 5. The Bertz CT molecular complexity index is 680. The van der Waals surface area contributed by atoms with E-state index in [2.05, 4.69) is 5.32 Å². The minimum atomic E-state index is -0.194. The first kappa shape index (κ1) is 16.0. The number of carbonyl (C=O) groups excluding carboxylic acids is 2. The predicted molar refractivity (Wildman–Crippen MR) is 86.2 cm³/mol. The molecule has 116 valence electrons. The third-order valence-corrected chi connectivity index (χ3v) is 3.95.